The number of nitrogens with two attached hydrogens (primary N) is 1. The van der Waals surface area contributed by atoms with Crippen molar-refractivity contribution in [3.63, 3.8) is 0 Å². The third kappa shape index (κ3) is 4.77. The van der Waals surface area contributed by atoms with Gasteiger partial charge in [-0.2, -0.15) is 9.97 Å². The quantitative estimate of drug-likeness (QED) is 0.585. The normalized spacial score (nSPS) is 21.6. The number of anilines is 2. The van der Waals surface area contributed by atoms with E-state index in [4.69, 9.17) is 15.5 Å². The van der Waals surface area contributed by atoms with E-state index < -0.39 is 6.43 Å². The molecule has 3 aromatic rings. The Hall–Kier alpha value is -2.85. The first-order valence-electron chi connectivity index (χ1n) is 11.6. The van der Waals surface area contributed by atoms with Crippen molar-refractivity contribution in [1.82, 2.24) is 19.5 Å². The molecule has 1 saturated carbocycles. The van der Waals surface area contributed by atoms with E-state index in [1.165, 1.54) is 4.57 Å². The molecule has 0 spiro atoms. The molecule has 3 N–H and O–H groups in total. The molecule has 1 aromatic carbocycles. The van der Waals surface area contributed by atoms with Gasteiger partial charge in [0.2, 0.25) is 5.95 Å². The van der Waals surface area contributed by atoms with Crippen LogP contribution in [0.1, 0.15) is 37.9 Å². The van der Waals surface area contributed by atoms with Gasteiger partial charge in [0, 0.05) is 31.7 Å². The van der Waals surface area contributed by atoms with Crippen LogP contribution in [0.5, 0.6) is 0 Å². The molecule has 1 aliphatic carbocycles. The number of aromatic nitrogens is 4. The van der Waals surface area contributed by atoms with E-state index in [-0.39, 0.29) is 5.82 Å². The fraction of sp³-hybridized carbons (Fsp3) is 0.522. The predicted octanol–water partition coefficient (Wildman–Crippen LogP) is 3.52. The van der Waals surface area contributed by atoms with E-state index >= 15 is 0 Å². The molecule has 0 amide bonds. The third-order valence-electron chi connectivity index (χ3n) is 6.47. The van der Waals surface area contributed by atoms with Gasteiger partial charge < -0.3 is 20.7 Å². The number of morpholine rings is 1. The van der Waals surface area contributed by atoms with Crippen LogP contribution in [-0.2, 0) is 4.74 Å². The van der Waals surface area contributed by atoms with Gasteiger partial charge in [-0.15, -0.1) is 0 Å². The largest absolute Gasteiger partial charge is 0.378 e. The summed E-state index contributed by atoms with van der Waals surface area (Å²) in [5, 5.41) is 3.44. The van der Waals surface area contributed by atoms with E-state index in [0.29, 0.717) is 66.9 Å². The molecule has 8 nitrogen and oxygen atoms in total. The van der Waals surface area contributed by atoms with Gasteiger partial charge in [-0.1, -0.05) is 12.1 Å². The molecule has 5 rings (SSSR count). The van der Waals surface area contributed by atoms with Crippen molar-refractivity contribution >= 4 is 22.8 Å². The van der Waals surface area contributed by atoms with Crippen molar-refractivity contribution in [2.75, 3.05) is 43.1 Å². The Morgan fingerprint density at radius 2 is 1.82 bits per heavy atom. The van der Waals surface area contributed by atoms with Gasteiger partial charge in [-0.3, -0.25) is 4.57 Å². The maximum Gasteiger partial charge on any atom is 0.296 e. The van der Waals surface area contributed by atoms with Gasteiger partial charge in [0.15, 0.2) is 5.82 Å². The first-order chi connectivity index (χ1) is 16.1. The molecular weight excluding hydrogens is 428 g/mol. The summed E-state index contributed by atoms with van der Waals surface area (Å²) in [5.41, 5.74) is 7.13. The lowest BCUT2D eigenvalue weighted by molar-refractivity contribution is 0.122. The maximum absolute atomic E-state index is 14.0. The predicted molar refractivity (Wildman–Crippen MR) is 123 cm³/mol. The zero-order valence-electron chi connectivity index (χ0n) is 18.5. The monoisotopic (exact) mass is 457 g/mol. The molecule has 10 heteroatoms. The number of halogens is 2. The Labute approximate surface area is 191 Å². The lowest BCUT2D eigenvalue weighted by Crippen LogP contribution is -2.37. The number of rotatable bonds is 6. The molecule has 1 aliphatic heterocycles. The molecule has 0 unspecified atom stereocenters. The second-order valence-corrected chi connectivity index (χ2v) is 8.77. The number of imidazole rings is 1. The van der Waals surface area contributed by atoms with Crippen molar-refractivity contribution in [3.05, 3.63) is 36.2 Å². The molecule has 0 radical (unpaired) electrons. The number of benzene rings is 1. The van der Waals surface area contributed by atoms with Crippen LogP contribution in [0, 0.1) is 5.92 Å². The number of hydrogen-bond donors (Lipinski definition) is 2. The Bertz CT molecular complexity index is 1090. The summed E-state index contributed by atoms with van der Waals surface area (Å²) in [4.78, 5) is 15.6. The molecule has 0 bridgehead atoms. The van der Waals surface area contributed by atoms with Crippen LogP contribution in [0.15, 0.2) is 30.3 Å². The maximum atomic E-state index is 14.0. The number of para-hydroxylation sites is 2. The number of nitrogens with zero attached hydrogens (tertiary/aromatic N) is 5. The highest BCUT2D eigenvalue weighted by atomic mass is 19.3. The van der Waals surface area contributed by atoms with Gasteiger partial charge >= 0.3 is 0 Å². The smallest absolute Gasteiger partial charge is 0.296 e. The number of ether oxygens (including phenoxy) is 1. The molecule has 2 aromatic heterocycles. The van der Waals surface area contributed by atoms with E-state index in [1.54, 1.807) is 24.3 Å². The average Bonchev–Trinajstić information content (AvgIpc) is 3.24. The van der Waals surface area contributed by atoms with Crippen LogP contribution < -0.4 is 16.0 Å². The van der Waals surface area contributed by atoms with Crippen LogP contribution in [0.3, 0.4) is 0 Å². The lowest BCUT2D eigenvalue weighted by atomic mass is 9.86. The minimum atomic E-state index is -2.73. The van der Waals surface area contributed by atoms with Crippen molar-refractivity contribution in [3.8, 4) is 5.82 Å². The van der Waals surface area contributed by atoms with Crippen LogP contribution >= 0.6 is 0 Å². The Morgan fingerprint density at radius 3 is 2.58 bits per heavy atom. The molecule has 1 saturated heterocycles. The van der Waals surface area contributed by atoms with Gasteiger partial charge in [0.05, 0.1) is 24.2 Å². The summed E-state index contributed by atoms with van der Waals surface area (Å²) >= 11 is 0. The van der Waals surface area contributed by atoms with Crippen LogP contribution in [0.4, 0.5) is 20.5 Å². The molecule has 3 heterocycles. The van der Waals surface area contributed by atoms with Crippen molar-refractivity contribution in [1.29, 1.82) is 0 Å². The summed E-state index contributed by atoms with van der Waals surface area (Å²) in [5.74, 6) is 1.69. The second-order valence-electron chi connectivity index (χ2n) is 8.77. The minimum absolute atomic E-state index is 0.294. The second kappa shape index (κ2) is 9.56. The SMILES string of the molecule is NC1CCC(CNc2cc(-n3c(C(F)F)nc4ccccc43)nc(N3CCOCC3)n2)CC1. The zero-order chi connectivity index (χ0) is 22.8. The first kappa shape index (κ1) is 22.0. The van der Waals surface area contributed by atoms with E-state index in [1.807, 2.05) is 11.0 Å². The highest BCUT2D eigenvalue weighted by Crippen LogP contribution is 2.29. The van der Waals surface area contributed by atoms with Crippen LogP contribution in [0.2, 0.25) is 0 Å². The fourth-order valence-electron chi connectivity index (χ4n) is 4.60. The number of nitrogens with one attached hydrogen (secondary N) is 1. The molecule has 2 aliphatic rings. The van der Waals surface area contributed by atoms with Crippen molar-refractivity contribution < 1.29 is 13.5 Å². The molecule has 0 atom stereocenters. The Morgan fingerprint density at radius 1 is 1.06 bits per heavy atom. The van der Waals surface area contributed by atoms with Gasteiger partial charge in [-0.25, -0.2) is 13.8 Å². The highest BCUT2D eigenvalue weighted by Gasteiger charge is 2.24. The van der Waals surface area contributed by atoms with E-state index in [2.05, 4.69) is 15.3 Å². The van der Waals surface area contributed by atoms with E-state index in [9.17, 15) is 8.78 Å². The van der Waals surface area contributed by atoms with Crippen LogP contribution in [-0.4, -0.2) is 58.4 Å². The Balaban J connectivity index is 1.52. The summed E-state index contributed by atoms with van der Waals surface area (Å²) < 4.78 is 34.8. The van der Waals surface area contributed by atoms with Crippen LogP contribution in [0.25, 0.3) is 16.9 Å². The minimum Gasteiger partial charge on any atom is -0.378 e. The first-order valence-corrected chi connectivity index (χ1v) is 11.6. The zero-order valence-corrected chi connectivity index (χ0v) is 18.5. The Kier molecular flexibility index (Phi) is 6.37. The lowest BCUT2D eigenvalue weighted by Gasteiger charge is -2.28. The highest BCUT2D eigenvalue weighted by molar-refractivity contribution is 5.78. The van der Waals surface area contributed by atoms with Crippen molar-refractivity contribution in [2.24, 2.45) is 11.7 Å². The number of hydrogen-bond acceptors (Lipinski definition) is 7. The van der Waals surface area contributed by atoms with Gasteiger partial charge in [0.1, 0.15) is 11.6 Å². The van der Waals surface area contributed by atoms with Crippen molar-refractivity contribution in [2.45, 2.75) is 38.2 Å². The number of fused-ring (bicyclic) bond motifs is 1. The summed E-state index contributed by atoms with van der Waals surface area (Å²) in [6, 6.07) is 9.14. The van der Waals surface area contributed by atoms with Gasteiger partial charge in [0.25, 0.3) is 6.43 Å². The number of alkyl halides is 2. The van der Waals surface area contributed by atoms with Gasteiger partial charge in [-0.05, 0) is 43.7 Å². The van der Waals surface area contributed by atoms with E-state index in [0.717, 1.165) is 32.2 Å². The molecular formula is C23H29F2N7O. The topological polar surface area (TPSA) is 94.1 Å². The summed E-state index contributed by atoms with van der Waals surface area (Å²) in [7, 11) is 0. The molecule has 176 valence electrons. The summed E-state index contributed by atoms with van der Waals surface area (Å²) in [6.45, 7) is 3.22. The standard InChI is InChI=1S/C23H29F2N7O/c24-21(25)22-28-17-3-1-2-4-18(17)32(22)20-13-19(27-14-15-5-7-16(26)8-6-15)29-23(30-20)31-9-11-33-12-10-31/h1-4,13,15-16,21H,5-12,14,26H2,(H,27,29,30). The fourth-order valence-corrected chi connectivity index (χ4v) is 4.60. The molecule has 33 heavy (non-hydrogen) atoms. The third-order valence-corrected chi connectivity index (χ3v) is 6.47. The average molecular weight is 458 g/mol. The molecule has 2 fully saturated rings. The summed E-state index contributed by atoms with van der Waals surface area (Å²) in [6.07, 6.45) is 1.47.